The first kappa shape index (κ1) is 14.2. The maximum atomic E-state index is 12.5. The standard InChI is InChI=1S/C17H24N4O/c1-2-3-5-17(18-19-17)6-4-15(22)20-9-10-21-13-16(7-8-16)11-14(21)12-20/h1,14H,3-13H2/t14-/m0/s1. The summed E-state index contributed by atoms with van der Waals surface area (Å²) in [5.74, 6) is 2.90. The molecule has 0 aromatic carbocycles. The molecule has 0 unspecified atom stereocenters. The third-order valence-electron chi connectivity index (χ3n) is 5.91. The van der Waals surface area contributed by atoms with Gasteiger partial charge in [0.15, 0.2) is 5.66 Å². The highest BCUT2D eigenvalue weighted by molar-refractivity contribution is 5.76. The van der Waals surface area contributed by atoms with Crippen molar-refractivity contribution in [3.05, 3.63) is 0 Å². The van der Waals surface area contributed by atoms with Crippen LogP contribution < -0.4 is 0 Å². The third-order valence-corrected chi connectivity index (χ3v) is 5.91. The Hall–Kier alpha value is -1.41. The number of piperazine rings is 1. The van der Waals surface area contributed by atoms with Gasteiger partial charge in [0.2, 0.25) is 5.91 Å². The fraction of sp³-hybridized carbons (Fsp3) is 0.824. The molecule has 0 radical (unpaired) electrons. The van der Waals surface area contributed by atoms with Crippen LogP contribution in [0.15, 0.2) is 10.2 Å². The van der Waals surface area contributed by atoms with Crippen molar-refractivity contribution >= 4 is 5.91 Å². The van der Waals surface area contributed by atoms with E-state index in [9.17, 15) is 4.79 Å². The van der Waals surface area contributed by atoms with Gasteiger partial charge in [0.1, 0.15) is 0 Å². The molecule has 3 aliphatic heterocycles. The van der Waals surface area contributed by atoms with E-state index in [1.165, 1.54) is 25.8 Å². The van der Waals surface area contributed by atoms with Gasteiger partial charge in [-0.05, 0) is 24.7 Å². The molecular weight excluding hydrogens is 276 g/mol. The topological polar surface area (TPSA) is 48.3 Å². The van der Waals surface area contributed by atoms with Crippen molar-refractivity contribution in [2.75, 3.05) is 26.2 Å². The van der Waals surface area contributed by atoms with Crippen LogP contribution in [-0.4, -0.2) is 53.6 Å². The van der Waals surface area contributed by atoms with Gasteiger partial charge in [-0.15, -0.1) is 12.3 Å². The lowest BCUT2D eigenvalue weighted by Gasteiger charge is -2.37. The zero-order valence-electron chi connectivity index (χ0n) is 13.1. The van der Waals surface area contributed by atoms with Crippen molar-refractivity contribution < 1.29 is 4.79 Å². The SMILES string of the molecule is C#CCCC1(CCC(=O)N2CCN3CC4(CC4)C[C@H]3C2)N=N1. The van der Waals surface area contributed by atoms with Crippen molar-refractivity contribution in [3.8, 4) is 12.3 Å². The van der Waals surface area contributed by atoms with Crippen LogP contribution in [0.2, 0.25) is 0 Å². The number of hydrogen-bond donors (Lipinski definition) is 0. The Balaban J connectivity index is 1.26. The Kier molecular flexibility index (Phi) is 3.26. The second-order valence-corrected chi connectivity index (χ2v) is 7.55. The molecule has 4 aliphatic rings. The summed E-state index contributed by atoms with van der Waals surface area (Å²) in [6.45, 7) is 4.13. The first-order valence-electron chi connectivity index (χ1n) is 8.53. The molecule has 5 heteroatoms. The van der Waals surface area contributed by atoms with Crippen LogP contribution in [-0.2, 0) is 4.79 Å². The summed E-state index contributed by atoms with van der Waals surface area (Å²) < 4.78 is 0. The average molecular weight is 300 g/mol. The predicted molar refractivity (Wildman–Crippen MR) is 83.1 cm³/mol. The summed E-state index contributed by atoms with van der Waals surface area (Å²) in [6.07, 6.45) is 12.1. The predicted octanol–water partition coefficient (Wildman–Crippen LogP) is 2.04. The van der Waals surface area contributed by atoms with Gasteiger partial charge in [0, 0.05) is 57.9 Å². The van der Waals surface area contributed by atoms with Gasteiger partial charge >= 0.3 is 0 Å². The minimum Gasteiger partial charge on any atom is -0.340 e. The van der Waals surface area contributed by atoms with Gasteiger partial charge in [-0.25, -0.2) is 0 Å². The number of rotatable bonds is 5. The van der Waals surface area contributed by atoms with Crippen LogP contribution >= 0.6 is 0 Å². The number of hydrogen-bond acceptors (Lipinski definition) is 4. The first-order valence-corrected chi connectivity index (χ1v) is 8.53. The lowest BCUT2D eigenvalue weighted by atomic mass is 10.0. The number of amides is 1. The second kappa shape index (κ2) is 5.06. The summed E-state index contributed by atoms with van der Waals surface area (Å²) in [7, 11) is 0. The Morgan fingerprint density at radius 2 is 2.09 bits per heavy atom. The molecule has 0 bridgehead atoms. The number of carbonyl (C=O) groups is 1. The maximum absolute atomic E-state index is 12.5. The average Bonchev–Trinajstić information content (AvgIpc) is 3.41. The molecule has 22 heavy (non-hydrogen) atoms. The maximum Gasteiger partial charge on any atom is 0.222 e. The smallest absolute Gasteiger partial charge is 0.222 e. The van der Waals surface area contributed by atoms with E-state index in [0.29, 0.717) is 24.3 Å². The highest BCUT2D eigenvalue weighted by Crippen LogP contribution is 2.55. The summed E-state index contributed by atoms with van der Waals surface area (Å²) >= 11 is 0. The fourth-order valence-electron chi connectivity index (χ4n) is 4.19. The highest BCUT2D eigenvalue weighted by Gasteiger charge is 2.53. The van der Waals surface area contributed by atoms with E-state index in [1.807, 2.05) is 0 Å². The van der Waals surface area contributed by atoms with E-state index in [4.69, 9.17) is 6.42 Å². The van der Waals surface area contributed by atoms with Crippen LogP contribution in [0.1, 0.15) is 44.9 Å². The van der Waals surface area contributed by atoms with Crippen LogP contribution in [0.3, 0.4) is 0 Å². The Morgan fingerprint density at radius 3 is 2.77 bits per heavy atom. The molecule has 5 nitrogen and oxygen atoms in total. The minimum atomic E-state index is -0.324. The number of nitrogens with zero attached hydrogens (tertiary/aromatic N) is 4. The molecule has 0 aromatic rings. The fourth-order valence-corrected chi connectivity index (χ4v) is 4.19. The van der Waals surface area contributed by atoms with E-state index in [2.05, 4.69) is 25.9 Å². The van der Waals surface area contributed by atoms with Crippen molar-refractivity contribution in [1.82, 2.24) is 9.80 Å². The van der Waals surface area contributed by atoms with Gasteiger partial charge in [-0.1, -0.05) is 0 Å². The number of terminal acetylenes is 1. The summed E-state index contributed by atoms with van der Waals surface area (Å²) in [5, 5.41) is 8.24. The summed E-state index contributed by atoms with van der Waals surface area (Å²) in [6, 6.07) is 0.603. The van der Waals surface area contributed by atoms with Gasteiger partial charge in [-0.2, -0.15) is 10.2 Å². The zero-order valence-corrected chi connectivity index (χ0v) is 13.1. The first-order chi connectivity index (χ1) is 10.6. The monoisotopic (exact) mass is 300 g/mol. The Labute approximate surface area is 132 Å². The molecule has 1 saturated carbocycles. The van der Waals surface area contributed by atoms with Crippen LogP contribution in [0.25, 0.3) is 0 Å². The Bertz CT molecular complexity index is 539. The molecule has 1 aliphatic carbocycles. The number of fused-ring (bicyclic) bond motifs is 1. The van der Waals surface area contributed by atoms with E-state index in [-0.39, 0.29) is 11.6 Å². The molecule has 4 rings (SSSR count). The molecular formula is C17H24N4O. The summed E-state index contributed by atoms with van der Waals surface area (Å²) in [4.78, 5) is 17.2. The molecule has 2 saturated heterocycles. The van der Waals surface area contributed by atoms with Crippen LogP contribution in [0.4, 0.5) is 0 Å². The van der Waals surface area contributed by atoms with Gasteiger partial charge in [0.25, 0.3) is 0 Å². The van der Waals surface area contributed by atoms with E-state index < -0.39 is 0 Å². The lowest BCUT2D eigenvalue weighted by Crippen LogP contribution is -2.52. The van der Waals surface area contributed by atoms with Crippen molar-refractivity contribution in [3.63, 3.8) is 0 Å². The zero-order chi connectivity index (χ0) is 15.2. The van der Waals surface area contributed by atoms with Gasteiger partial charge in [0.05, 0.1) is 0 Å². The van der Waals surface area contributed by atoms with Crippen LogP contribution in [0.5, 0.6) is 0 Å². The van der Waals surface area contributed by atoms with Gasteiger partial charge in [-0.3, -0.25) is 9.69 Å². The molecule has 1 atom stereocenters. The molecule has 1 amide bonds. The van der Waals surface area contributed by atoms with E-state index >= 15 is 0 Å². The molecule has 0 N–H and O–H groups in total. The largest absolute Gasteiger partial charge is 0.340 e. The quantitative estimate of drug-likeness (QED) is 0.730. The highest BCUT2D eigenvalue weighted by atomic mass is 16.2. The molecule has 118 valence electrons. The lowest BCUT2D eigenvalue weighted by molar-refractivity contribution is -0.134. The van der Waals surface area contributed by atoms with Crippen LogP contribution in [0, 0.1) is 17.8 Å². The summed E-state index contributed by atoms with van der Waals surface area (Å²) in [5.41, 5.74) is 0.310. The normalized spacial score (nSPS) is 30.1. The molecule has 1 spiro atoms. The minimum absolute atomic E-state index is 0.272. The number of carbonyl (C=O) groups excluding carboxylic acids is 1. The van der Waals surface area contributed by atoms with Crippen molar-refractivity contribution in [2.45, 2.75) is 56.7 Å². The second-order valence-electron chi connectivity index (χ2n) is 7.55. The molecule has 0 aromatic heterocycles. The molecule has 3 heterocycles. The third kappa shape index (κ3) is 2.65. The van der Waals surface area contributed by atoms with Crippen molar-refractivity contribution in [2.24, 2.45) is 15.6 Å². The Morgan fingerprint density at radius 1 is 1.27 bits per heavy atom. The van der Waals surface area contributed by atoms with Crippen molar-refractivity contribution in [1.29, 1.82) is 0 Å². The van der Waals surface area contributed by atoms with E-state index in [0.717, 1.165) is 32.5 Å². The van der Waals surface area contributed by atoms with Gasteiger partial charge < -0.3 is 4.90 Å². The van der Waals surface area contributed by atoms with E-state index in [1.54, 1.807) is 0 Å². The molecule has 3 fully saturated rings.